The Morgan fingerprint density at radius 3 is 2.65 bits per heavy atom. The van der Waals surface area contributed by atoms with Crippen LogP contribution in [0.3, 0.4) is 0 Å². The largest absolute Gasteiger partial charge is 0.389 e. The van der Waals surface area contributed by atoms with Crippen molar-refractivity contribution in [3.8, 4) is 0 Å². The number of aliphatic hydroxyl groups excluding tert-OH is 1. The lowest BCUT2D eigenvalue weighted by molar-refractivity contribution is 0.196. The average Bonchev–Trinajstić information content (AvgIpc) is 2.32. The van der Waals surface area contributed by atoms with Gasteiger partial charge in [0.05, 0.1) is 6.10 Å². The van der Waals surface area contributed by atoms with E-state index in [4.69, 9.17) is 0 Å². The third-order valence-electron chi connectivity index (χ3n) is 2.28. The van der Waals surface area contributed by atoms with Gasteiger partial charge in [-0.1, -0.05) is 30.0 Å². The SMILES string of the molecule is CC(O)c1ccccc1Sc1ccc(Br)cn1. The van der Waals surface area contributed by atoms with Gasteiger partial charge in [-0.05, 0) is 46.6 Å². The molecule has 2 rings (SSSR count). The molecular weight excluding hydrogens is 298 g/mol. The monoisotopic (exact) mass is 309 g/mol. The van der Waals surface area contributed by atoms with Crippen LogP contribution in [0.25, 0.3) is 0 Å². The third kappa shape index (κ3) is 3.31. The van der Waals surface area contributed by atoms with E-state index < -0.39 is 6.10 Å². The van der Waals surface area contributed by atoms with E-state index in [-0.39, 0.29) is 0 Å². The Bertz CT molecular complexity index is 499. The molecule has 0 aliphatic heterocycles. The van der Waals surface area contributed by atoms with Gasteiger partial charge >= 0.3 is 0 Å². The van der Waals surface area contributed by atoms with Crippen molar-refractivity contribution in [2.24, 2.45) is 0 Å². The molecule has 1 aromatic carbocycles. The quantitative estimate of drug-likeness (QED) is 0.928. The molecule has 2 aromatic rings. The van der Waals surface area contributed by atoms with Gasteiger partial charge in [0, 0.05) is 15.6 Å². The van der Waals surface area contributed by atoms with Gasteiger partial charge in [-0.25, -0.2) is 4.98 Å². The molecule has 0 spiro atoms. The molecule has 4 heteroatoms. The van der Waals surface area contributed by atoms with Crippen LogP contribution in [0.4, 0.5) is 0 Å². The zero-order valence-electron chi connectivity index (χ0n) is 9.30. The van der Waals surface area contributed by atoms with E-state index in [0.717, 1.165) is 20.0 Å². The van der Waals surface area contributed by atoms with E-state index >= 15 is 0 Å². The van der Waals surface area contributed by atoms with Crippen LogP contribution in [0.5, 0.6) is 0 Å². The smallest absolute Gasteiger partial charge is 0.101 e. The van der Waals surface area contributed by atoms with Crippen LogP contribution in [0, 0.1) is 0 Å². The number of benzene rings is 1. The van der Waals surface area contributed by atoms with E-state index in [2.05, 4.69) is 20.9 Å². The van der Waals surface area contributed by atoms with Gasteiger partial charge in [0.25, 0.3) is 0 Å². The van der Waals surface area contributed by atoms with E-state index in [0.29, 0.717) is 0 Å². The maximum atomic E-state index is 9.69. The molecule has 0 fully saturated rings. The number of hydrogen-bond donors (Lipinski definition) is 1. The number of rotatable bonds is 3. The Morgan fingerprint density at radius 1 is 1.24 bits per heavy atom. The van der Waals surface area contributed by atoms with Gasteiger partial charge in [0.1, 0.15) is 5.03 Å². The minimum atomic E-state index is -0.464. The van der Waals surface area contributed by atoms with Crippen LogP contribution < -0.4 is 0 Å². The number of pyridine rings is 1. The van der Waals surface area contributed by atoms with Crippen LogP contribution in [-0.2, 0) is 0 Å². The van der Waals surface area contributed by atoms with Gasteiger partial charge in [0.15, 0.2) is 0 Å². The summed E-state index contributed by atoms with van der Waals surface area (Å²) in [6.45, 7) is 1.77. The molecule has 1 atom stereocenters. The number of halogens is 1. The van der Waals surface area contributed by atoms with E-state index in [1.54, 1.807) is 24.9 Å². The molecule has 1 heterocycles. The maximum Gasteiger partial charge on any atom is 0.101 e. The summed E-state index contributed by atoms with van der Waals surface area (Å²) in [6.07, 6.45) is 1.31. The normalized spacial score (nSPS) is 12.4. The molecule has 17 heavy (non-hydrogen) atoms. The highest BCUT2D eigenvalue weighted by atomic mass is 79.9. The molecule has 88 valence electrons. The van der Waals surface area contributed by atoms with Crippen molar-refractivity contribution in [1.29, 1.82) is 0 Å². The molecule has 0 amide bonds. The summed E-state index contributed by atoms with van der Waals surface area (Å²) in [5, 5.41) is 10.6. The molecular formula is C13H12BrNOS. The van der Waals surface area contributed by atoms with Gasteiger partial charge < -0.3 is 5.11 Å². The van der Waals surface area contributed by atoms with Gasteiger partial charge in [-0.15, -0.1) is 0 Å². The summed E-state index contributed by atoms with van der Waals surface area (Å²) in [5.74, 6) is 0. The zero-order chi connectivity index (χ0) is 12.3. The highest BCUT2D eigenvalue weighted by Crippen LogP contribution is 2.32. The van der Waals surface area contributed by atoms with E-state index in [1.807, 2.05) is 36.4 Å². The Morgan fingerprint density at radius 2 is 2.00 bits per heavy atom. The van der Waals surface area contributed by atoms with Gasteiger partial charge in [0.2, 0.25) is 0 Å². The summed E-state index contributed by atoms with van der Waals surface area (Å²) in [7, 11) is 0. The fourth-order valence-electron chi connectivity index (χ4n) is 1.45. The predicted molar refractivity (Wildman–Crippen MR) is 73.1 cm³/mol. The number of hydrogen-bond acceptors (Lipinski definition) is 3. The van der Waals surface area contributed by atoms with Crippen LogP contribution in [0.1, 0.15) is 18.6 Å². The first kappa shape index (κ1) is 12.6. The summed E-state index contributed by atoms with van der Waals surface area (Å²) < 4.78 is 0.964. The highest BCUT2D eigenvalue weighted by molar-refractivity contribution is 9.10. The van der Waals surface area contributed by atoms with Crippen LogP contribution in [-0.4, -0.2) is 10.1 Å². The molecule has 0 saturated heterocycles. The standard InChI is InChI=1S/C13H12BrNOS/c1-9(16)11-4-2-3-5-12(11)17-13-7-6-10(14)8-15-13/h2-9,16H,1H3. The third-order valence-corrected chi connectivity index (χ3v) is 3.80. The summed E-state index contributed by atoms with van der Waals surface area (Å²) >= 11 is 4.92. The fraction of sp³-hybridized carbons (Fsp3) is 0.154. The van der Waals surface area contributed by atoms with Crippen molar-refractivity contribution in [3.63, 3.8) is 0 Å². The van der Waals surface area contributed by atoms with E-state index in [9.17, 15) is 5.11 Å². The van der Waals surface area contributed by atoms with E-state index in [1.165, 1.54) is 0 Å². The van der Waals surface area contributed by atoms with Gasteiger partial charge in [-0.3, -0.25) is 0 Å². The Hall–Kier alpha value is -0.840. The lowest BCUT2D eigenvalue weighted by Crippen LogP contribution is -1.93. The van der Waals surface area contributed by atoms with Crippen molar-refractivity contribution >= 4 is 27.7 Å². The Labute approximate surface area is 113 Å². The van der Waals surface area contributed by atoms with Crippen molar-refractivity contribution in [1.82, 2.24) is 4.98 Å². The topological polar surface area (TPSA) is 33.1 Å². The molecule has 0 radical (unpaired) electrons. The van der Waals surface area contributed by atoms with Crippen LogP contribution >= 0.6 is 27.7 Å². The predicted octanol–water partition coefficient (Wildman–Crippen LogP) is 4.05. The summed E-state index contributed by atoms with van der Waals surface area (Å²) in [4.78, 5) is 5.35. The minimum Gasteiger partial charge on any atom is -0.389 e. The minimum absolute atomic E-state index is 0.464. The first-order valence-corrected chi connectivity index (χ1v) is 6.84. The second kappa shape index (κ2) is 5.67. The zero-order valence-corrected chi connectivity index (χ0v) is 11.7. The van der Waals surface area contributed by atoms with Crippen LogP contribution in [0.2, 0.25) is 0 Å². The lowest BCUT2D eigenvalue weighted by Gasteiger charge is -2.10. The lowest BCUT2D eigenvalue weighted by atomic mass is 10.1. The molecule has 2 nitrogen and oxygen atoms in total. The maximum absolute atomic E-state index is 9.69. The Kier molecular flexibility index (Phi) is 4.20. The van der Waals surface area contributed by atoms with Crippen molar-refractivity contribution in [2.75, 3.05) is 0 Å². The average molecular weight is 310 g/mol. The molecule has 1 N–H and O–H groups in total. The second-order valence-electron chi connectivity index (χ2n) is 3.63. The number of aromatic nitrogens is 1. The number of nitrogens with zero attached hydrogens (tertiary/aromatic N) is 1. The molecule has 0 saturated carbocycles. The summed E-state index contributed by atoms with van der Waals surface area (Å²) in [5.41, 5.74) is 0.933. The van der Waals surface area contributed by atoms with Crippen molar-refractivity contribution < 1.29 is 5.11 Å². The van der Waals surface area contributed by atoms with Crippen molar-refractivity contribution in [2.45, 2.75) is 22.9 Å². The molecule has 1 unspecified atom stereocenters. The van der Waals surface area contributed by atoms with Gasteiger partial charge in [-0.2, -0.15) is 0 Å². The second-order valence-corrected chi connectivity index (χ2v) is 5.61. The molecule has 0 bridgehead atoms. The number of aliphatic hydroxyl groups is 1. The molecule has 0 aliphatic rings. The van der Waals surface area contributed by atoms with Crippen molar-refractivity contribution in [3.05, 3.63) is 52.6 Å². The summed E-state index contributed by atoms with van der Waals surface area (Å²) in [6, 6.07) is 11.7. The molecule has 0 aliphatic carbocycles. The fourth-order valence-corrected chi connectivity index (χ4v) is 2.66. The molecule has 1 aromatic heterocycles. The van der Waals surface area contributed by atoms with Crippen LogP contribution in [0.15, 0.2) is 57.0 Å². The highest BCUT2D eigenvalue weighted by Gasteiger charge is 2.08. The first-order valence-electron chi connectivity index (χ1n) is 5.23. The Balaban J connectivity index is 2.26. The first-order chi connectivity index (χ1) is 8.16.